The van der Waals surface area contributed by atoms with Crippen molar-refractivity contribution in [1.82, 2.24) is 9.97 Å². The summed E-state index contributed by atoms with van der Waals surface area (Å²) in [7, 11) is 0. The molecule has 6 nitrogen and oxygen atoms in total. The van der Waals surface area contributed by atoms with Crippen LogP contribution in [0.1, 0.15) is 25.7 Å². The minimum Gasteiger partial charge on any atom is -0.450 e. The number of benzene rings is 1. The van der Waals surface area contributed by atoms with Gasteiger partial charge < -0.3 is 20.9 Å². The van der Waals surface area contributed by atoms with Gasteiger partial charge in [0.1, 0.15) is 5.75 Å². The fourth-order valence-electron chi connectivity index (χ4n) is 2.62. The Hall–Kier alpha value is -2.05. The number of ether oxygens (including phenoxy) is 1. The SMILES string of the molecule is Nc1ncc(Oc2ccccc2Cl)c(NC2CCC(O)CC2)n1. The molecule has 1 aliphatic carbocycles. The van der Waals surface area contributed by atoms with Crippen LogP contribution in [0, 0.1) is 0 Å². The van der Waals surface area contributed by atoms with Crippen molar-refractivity contribution >= 4 is 23.4 Å². The Kier molecular flexibility index (Phi) is 4.83. The van der Waals surface area contributed by atoms with Crippen molar-refractivity contribution in [3.8, 4) is 11.5 Å². The molecule has 2 aromatic rings. The predicted molar refractivity (Wildman–Crippen MR) is 89.9 cm³/mol. The maximum atomic E-state index is 9.60. The average molecular weight is 335 g/mol. The number of nitrogens with zero attached hydrogens (tertiary/aromatic N) is 2. The lowest BCUT2D eigenvalue weighted by Gasteiger charge is -2.27. The highest BCUT2D eigenvalue weighted by molar-refractivity contribution is 6.32. The number of nitrogen functional groups attached to an aromatic ring is 1. The number of nitrogens with two attached hydrogens (primary N) is 1. The van der Waals surface area contributed by atoms with Gasteiger partial charge in [-0.05, 0) is 37.8 Å². The number of halogens is 1. The third-order valence-corrected chi connectivity index (χ3v) is 4.18. The molecule has 1 aliphatic rings. The first kappa shape index (κ1) is 15.8. The van der Waals surface area contributed by atoms with Crippen molar-refractivity contribution in [2.75, 3.05) is 11.1 Å². The van der Waals surface area contributed by atoms with Gasteiger partial charge in [0.25, 0.3) is 0 Å². The van der Waals surface area contributed by atoms with Crippen LogP contribution >= 0.6 is 11.6 Å². The predicted octanol–water partition coefficient (Wildman–Crippen LogP) is 3.22. The van der Waals surface area contributed by atoms with Gasteiger partial charge in [-0.3, -0.25) is 0 Å². The highest BCUT2D eigenvalue weighted by Crippen LogP contribution is 2.33. The molecule has 0 aliphatic heterocycles. The zero-order valence-electron chi connectivity index (χ0n) is 12.6. The molecule has 0 spiro atoms. The smallest absolute Gasteiger partial charge is 0.222 e. The summed E-state index contributed by atoms with van der Waals surface area (Å²) in [5.41, 5.74) is 5.69. The van der Waals surface area contributed by atoms with Crippen LogP contribution in [-0.4, -0.2) is 27.2 Å². The number of hydrogen-bond acceptors (Lipinski definition) is 6. The second kappa shape index (κ2) is 7.02. The zero-order valence-corrected chi connectivity index (χ0v) is 13.3. The van der Waals surface area contributed by atoms with Crippen molar-refractivity contribution in [3.05, 3.63) is 35.5 Å². The van der Waals surface area contributed by atoms with Gasteiger partial charge in [-0.1, -0.05) is 23.7 Å². The number of aromatic nitrogens is 2. The van der Waals surface area contributed by atoms with Crippen molar-refractivity contribution in [2.24, 2.45) is 0 Å². The highest BCUT2D eigenvalue weighted by atomic mass is 35.5. The van der Waals surface area contributed by atoms with E-state index >= 15 is 0 Å². The van der Waals surface area contributed by atoms with Crippen molar-refractivity contribution in [1.29, 1.82) is 0 Å². The fraction of sp³-hybridized carbons (Fsp3) is 0.375. The van der Waals surface area contributed by atoms with Crippen LogP contribution in [0.2, 0.25) is 5.02 Å². The first-order valence-corrected chi connectivity index (χ1v) is 7.99. The lowest BCUT2D eigenvalue weighted by atomic mass is 9.93. The van der Waals surface area contributed by atoms with E-state index in [0.29, 0.717) is 22.3 Å². The molecular weight excluding hydrogens is 316 g/mol. The first-order valence-electron chi connectivity index (χ1n) is 7.61. The molecule has 0 radical (unpaired) electrons. The normalized spacial score (nSPS) is 21.0. The molecule has 0 bridgehead atoms. The summed E-state index contributed by atoms with van der Waals surface area (Å²) >= 11 is 6.13. The second-order valence-electron chi connectivity index (χ2n) is 5.62. The molecule has 7 heteroatoms. The average Bonchev–Trinajstić information content (AvgIpc) is 2.54. The highest BCUT2D eigenvalue weighted by Gasteiger charge is 2.21. The molecule has 0 amide bonds. The molecule has 4 N–H and O–H groups in total. The van der Waals surface area contributed by atoms with E-state index in [1.807, 2.05) is 12.1 Å². The van der Waals surface area contributed by atoms with E-state index in [2.05, 4.69) is 15.3 Å². The van der Waals surface area contributed by atoms with Crippen LogP contribution in [0.3, 0.4) is 0 Å². The zero-order chi connectivity index (χ0) is 16.2. The Morgan fingerprint density at radius 2 is 1.91 bits per heavy atom. The third kappa shape index (κ3) is 4.03. The van der Waals surface area contributed by atoms with E-state index in [-0.39, 0.29) is 18.1 Å². The molecule has 0 atom stereocenters. The Balaban J connectivity index is 1.79. The third-order valence-electron chi connectivity index (χ3n) is 3.87. The largest absolute Gasteiger partial charge is 0.450 e. The van der Waals surface area contributed by atoms with Crippen LogP contribution < -0.4 is 15.8 Å². The standard InChI is InChI=1S/C16H19ClN4O2/c17-12-3-1-2-4-13(12)23-14-9-19-16(18)21-15(14)20-10-5-7-11(22)8-6-10/h1-4,9-11,22H,5-8H2,(H3,18,19,20,21). The molecule has 1 heterocycles. The van der Waals surface area contributed by atoms with E-state index in [0.717, 1.165) is 25.7 Å². The summed E-state index contributed by atoms with van der Waals surface area (Å²) in [6.07, 6.45) is 4.62. The first-order chi connectivity index (χ1) is 11.1. The van der Waals surface area contributed by atoms with Gasteiger partial charge in [0.15, 0.2) is 11.6 Å². The van der Waals surface area contributed by atoms with Crippen molar-refractivity contribution in [3.63, 3.8) is 0 Å². The molecule has 1 aromatic heterocycles. The van der Waals surface area contributed by atoms with Gasteiger partial charge in [-0.15, -0.1) is 0 Å². The minimum absolute atomic E-state index is 0.176. The molecular formula is C16H19ClN4O2. The number of aliphatic hydroxyl groups excluding tert-OH is 1. The maximum absolute atomic E-state index is 9.60. The second-order valence-corrected chi connectivity index (χ2v) is 6.03. The molecule has 23 heavy (non-hydrogen) atoms. The van der Waals surface area contributed by atoms with Crippen LogP contribution in [0.15, 0.2) is 30.5 Å². The van der Waals surface area contributed by atoms with Gasteiger partial charge in [-0.25, -0.2) is 4.98 Å². The summed E-state index contributed by atoms with van der Waals surface area (Å²) < 4.78 is 5.83. The van der Waals surface area contributed by atoms with E-state index < -0.39 is 0 Å². The number of rotatable bonds is 4. The molecule has 122 valence electrons. The number of hydrogen-bond donors (Lipinski definition) is 3. The van der Waals surface area contributed by atoms with Crippen LogP contribution in [-0.2, 0) is 0 Å². The summed E-state index contributed by atoms with van der Waals surface area (Å²) in [4.78, 5) is 8.23. The van der Waals surface area contributed by atoms with Crippen LogP contribution in [0.25, 0.3) is 0 Å². The minimum atomic E-state index is -0.206. The summed E-state index contributed by atoms with van der Waals surface area (Å²) in [5.74, 6) is 1.72. The van der Waals surface area contributed by atoms with E-state index in [9.17, 15) is 5.11 Å². The van der Waals surface area contributed by atoms with E-state index in [1.54, 1.807) is 12.1 Å². The van der Waals surface area contributed by atoms with E-state index in [4.69, 9.17) is 22.1 Å². The van der Waals surface area contributed by atoms with Gasteiger partial charge in [0.05, 0.1) is 17.3 Å². The van der Waals surface area contributed by atoms with Crippen LogP contribution in [0.5, 0.6) is 11.5 Å². The lowest BCUT2D eigenvalue weighted by Crippen LogP contribution is -2.28. The van der Waals surface area contributed by atoms with Gasteiger partial charge >= 0.3 is 0 Å². The van der Waals surface area contributed by atoms with E-state index in [1.165, 1.54) is 6.20 Å². The molecule has 1 aromatic carbocycles. The molecule has 1 fully saturated rings. The molecule has 0 saturated heterocycles. The van der Waals surface area contributed by atoms with Gasteiger partial charge in [0, 0.05) is 6.04 Å². The number of aliphatic hydroxyl groups is 1. The monoisotopic (exact) mass is 334 g/mol. The Morgan fingerprint density at radius 3 is 2.65 bits per heavy atom. The summed E-state index contributed by atoms with van der Waals surface area (Å²) in [5, 5.41) is 13.5. The Bertz CT molecular complexity index is 675. The molecule has 3 rings (SSSR count). The summed E-state index contributed by atoms with van der Waals surface area (Å²) in [6, 6.07) is 7.43. The molecule has 1 saturated carbocycles. The van der Waals surface area contributed by atoms with Crippen molar-refractivity contribution < 1.29 is 9.84 Å². The quantitative estimate of drug-likeness (QED) is 0.795. The van der Waals surface area contributed by atoms with Gasteiger partial charge in [0.2, 0.25) is 5.95 Å². The molecule has 0 unspecified atom stereocenters. The number of para-hydroxylation sites is 1. The number of nitrogens with one attached hydrogen (secondary N) is 1. The maximum Gasteiger partial charge on any atom is 0.222 e. The fourth-order valence-corrected chi connectivity index (χ4v) is 2.80. The van der Waals surface area contributed by atoms with Crippen LogP contribution in [0.4, 0.5) is 11.8 Å². The van der Waals surface area contributed by atoms with Crippen molar-refractivity contribution in [2.45, 2.75) is 37.8 Å². The summed E-state index contributed by atoms with van der Waals surface area (Å²) in [6.45, 7) is 0. The Labute approximate surface area is 139 Å². The lowest BCUT2D eigenvalue weighted by molar-refractivity contribution is 0.126. The topological polar surface area (TPSA) is 93.3 Å². The Morgan fingerprint density at radius 1 is 1.17 bits per heavy atom. The van der Waals surface area contributed by atoms with Gasteiger partial charge in [-0.2, -0.15) is 4.98 Å². The number of anilines is 2.